The average Bonchev–Trinajstić information content (AvgIpc) is 2.51. The molecule has 1 rings (SSSR count). The predicted octanol–water partition coefficient (Wildman–Crippen LogP) is 1.55. The lowest BCUT2D eigenvalue weighted by molar-refractivity contribution is -0.123. The Morgan fingerprint density at radius 3 is 2.46 bits per heavy atom. The van der Waals surface area contributed by atoms with E-state index < -0.39 is 16.1 Å². The zero-order valence-electron chi connectivity index (χ0n) is 14.5. The van der Waals surface area contributed by atoms with Crippen molar-refractivity contribution in [3.05, 3.63) is 29.8 Å². The van der Waals surface area contributed by atoms with Gasteiger partial charge in [-0.15, -0.1) is 0 Å². The van der Waals surface area contributed by atoms with Crippen molar-refractivity contribution in [2.24, 2.45) is 0 Å². The SMILES string of the molecule is COC[C@H](C)NC(=O)[C@H](CCSC)NS(=O)(=O)c1ccc(C)cc1. The molecule has 0 aliphatic rings. The fourth-order valence-corrected chi connectivity index (χ4v) is 3.79. The number of hydrogen-bond donors (Lipinski definition) is 2. The van der Waals surface area contributed by atoms with Crippen molar-refractivity contribution in [2.75, 3.05) is 25.7 Å². The van der Waals surface area contributed by atoms with Gasteiger partial charge in [0.1, 0.15) is 6.04 Å². The molecule has 0 saturated carbocycles. The lowest BCUT2D eigenvalue weighted by Gasteiger charge is -2.21. The Balaban J connectivity index is 2.87. The van der Waals surface area contributed by atoms with Crippen molar-refractivity contribution in [3.63, 3.8) is 0 Å². The van der Waals surface area contributed by atoms with Gasteiger partial charge in [0, 0.05) is 13.2 Å². The summed E-state index contributed by atoms with van der Waals surface area (Å²) in [5, 5.41) is 2.77. The van der Waals surface area contributed by atoms with E-state index in [2.05, 4.69) is 10.0 Å². The number of hydrogen-bond acceptors (Lipinski definition) is 5. The van der Waals surface area contributed by atoms with E-state index in [4.69, 9.17) is 4.74 Å². The quantitative estimate of drug-likeness (QED) is 0.649. The van der Waals surface area contributed by atoms with Crippen molar-refractivity contribution in [3.8, 4) is 0 Å². The molecular formula is C16H26N2O4S2. The largest absolute Gasteiger partial charge is 0.383 e. The molecule has 0 saturated heterocycles. The molecule has 2 N–H and O–H groups in total. The Morgan fingerprint density at radius 2 is 1.92 bits per heavy atom. The molecule has 1 amide bonds. The summed E-state index contributed by atoms with van der Waals surface area (Å²) in [5.41, 5.74) is 0.971. The summed E-state index contributed by atoms with van der Waals surface area (Å²) in [6.07, 6.45) is 2.33. The van der Waals surface area contributed by atoms with E-state index in [1.54, 1.807) is 31.0 Å². The fourth-order valence-electron chi connectivity index (χ4n) is 2.09. The molecule has 24 heavy (non-hydrogen) atoms. The molecule has 6 nitrogen and oxygen atoms in total. The highest BCUT2D eigenvalue weighted by atomic mass is 32.2. The number of amides is 1. The Morgan fingerprint density at radius 1 is 1.29 bits per heavy atom. The van der Waals surface area contributed by atoms with E-state index in [1.165, 1.54) is 12.1 Å². The molecule has 8 heteroatoms. The molecule has 0 heterocycles. The minimum absolute atomic E-state index is 0.153. The second-order valence-corrected chi connectivity index (χ2v) is 8.33. The van der Waals surface area contributed by atoms with E-state index in [9.17, 15) is 13.2 Å². The number of rotatable bonds is 10. The fraction of sp³-hybridized carbons (Fsp3) is 0.562. The number of carbonyl (C=O) groups excluding carboxylic acids is 1. The van der Waals surface area contributed by atoms with E-state index >= 15 is 0 Å². The van der Waals surface area contributed by atoms with E-state index in [-0.39, 0.29) is 16.8 Å². The molecule has 136 valence electrons. The van der Waals surface area contributed by atoms with Crippen molar-refractivity contribution >= 4 is 27.7 Å². The van der Waals surface area contributed by atoms with Crippen LogP contribution in [-0.2, 0) is 19.6 Å². The van der Waals surface area contributed by atoms with Crippen LogP contribution in [0, 0.1) is 6.92 Å². The van der Waals surface area contributed by atoms with Gasteiger partial charge in [0.25, 0.3) is 0 Å². The lowest BCUT2D eigenvalue weighted by atomic mass is 10.2. The number of benzene rings is 1. The van der Waals surface area contributed by atoms with Crippen LogP contribution in [0.4, 0.5) is 0 Å². The Bertz CT molecular complexity index is 617. The van der Waals surface area contributed by atoms with Crippen molar-refractivity contribution in [1.82, 2.24) is 10.0 Å². The third-order valence-corrected chi connectivity index (χ3v) is 5.49. The second kappa shape index (κ2) is 10.0. The van der Waals surface area contributed by atoms with Gasteiger partial charge >= 0.3 is 0 Å². The Hall–Kier alpha value is -1.09. The summed E-state index contributed by atoms with van der Waals surface area (Å²) in [6, 6.07) is 5.52. The minimum atomic E-state index is -3.75. The molecule has 1 aromatic rings. The molecule has 0 aliphatic heterocycles. The molecule has 0 aromatic heterocycles. The number of aryl methyl sites for hydroxylation is 1. The first-order chi connectivity index (χ1) is 11.3. The van der Waals surface area contributed by atoms with Crippen LogP contribution in [0.15, 0.2) is 29.2 Å². The van der Waals surface area contributed by atoms with Crippen LogP contribution in [0.1, 0.15) is 18.9 Å². The monoisotopic (exact) mass is 374 g/mol. The number of methoxy groups -OCH3 is 1. The number of sulfonamides is 1. The summed E-state index contributed by atoms with van der Waals surface area (Å²) in [7, 11) is -2.20. The predicted molar refractivity (Wildman–Crippen MR) is 97.8 cm³/mol. The zero-order chi connectivity index (χ0) is 18.2. The first-order valence-electron chi connectivity index (χ1n) is 7.67. The molecular weight excluding hydrogens is 348 g/mol. The molecule has 0 aliphatic carbocycles. The van der Waals surface area contributed by atoms with Crippen molar-refractivity contribution < 1.29 is 17.9 Å². The number of carbonyl (C=O) groups is 1. The van der Waals surface area contributed by atoms with E-state index in [0.717, 1.165) is 5.56 Å². The first-order valence-corrected chi connectivity index (χ1v) is 10.5. The minimum Gasteiger partial charge on any atom is -0.383 e. The summed E-state index contributed by atoms with van der Waals surface area (Å²) in [5.74, 6) is 0.331. The van der Waals surface area contributed by atoms with Crippen LogP contribution in [-0.4, -0.2) is 52.1 Å². The highest BCUT2D eigenvalue weighted by molar-refractivity contribution is 7.98. The van der Waals surface area contributed by atoms with Gasteiger partial charge in [-0.1, -0.05) is 17.7 Å². The Labute approximate surface area is 148 Å². The molecule has 1 aromatic carbocycles. The molecule has 2 atom stereocenters. The highest BCUT2D eigenvalue weighted by Crippen LogP contribution is 2.12. The third-order valence-electron chi connectivity index (χ3n) is 3.36. The zero-order valence-corrected chi connectivity index (χ0v) is 16.2. The standard InChI is InChI=1S/C16H26N2O4S2/c1-12-5-7-14(8-6-12)24(20,21)18-15(9-10-23-4)16(19)17-13(2)11-22-3/h5-8,13,15,18H,9-11H2,1-4H3,(H,17,19)/t13-,15-/m0/s1. The lowest BCUT2D eigenvalue weighted by Crippen LogP contribution is -2.50. The van der Waals surface area contributed by atoms with Crippen LogP contribution in [0.2, 0.25) is 0 Å². The summed E-state index contributed by atoms with van der Waals surface area (Å²) in [4.78, 5) is 12.5. The van der Waals surface area contributed by atoms with Gasteiger partial charge in [-0.3, -0.25) is 4.79 Å². The highest BCUT2D eigenvalue weighted by Gasteiger charge is 2.26. The van der Waals surface area contributed by atoms with Gasteiger partial charge in [-0.05, 0) is 44.4 Å². The molecule has 0 bridgehead atoms. The molecule has 0 spiro atoms. The van der Waals surface area contributed by atoms with Crippen LogP contribution >= 0.6 is 11.8 Å². The first kappa shape index (κ1) is 21.0. The second-order valence-electron chi connectivity index (χ2n) is 5.63. The maximum atomic E-state index is 12.5. The van der Waals surface area contributed by atoms with Gasteiger partial charge in [0.15, 0.2) is 0 Å². The van der Waals surface area contributed by atoms with Crippen LogP contribution in [0.3, 0.4) is 0 Å². The van der Waals surface area contributed by atoms with Crippen LogP contribution in [0.25, 0.3) is 0 Å². The summed E-state index contributed by atoms with van der Waals surface area (Å²) in [6.45, 7) is 4.06. The average molecular weight is 375 g/mol. The molecule has 0 fully saturated rings. The summed E-state index contributed by atoms with van der Waals surface area (Å²) >= 11 is 1.56. The van der Waals surface area contributed by atoms with E-state index in [0.29, 0.717) is 18.8 Å². The van der Waals surface area contributed by atoms with Crippen molar-refractivity contribution in [1.29, 1.82) is 0 Å². The summed E-state index contributed by atoms with van der Waals surface area (Å²) < 4.78 is 32.5. The van der Waals surface area contributed by atoms with Crippen LogP contribution < -0.4 is 10.0 Å². The van der Waals surface area contributed by atoms with Gasteiger partial charge in [-0.25, -0.2) is 8.42 Å². The normalized spacial score (nSPS) is 14.2. The smallest absolute Gasteiger partial charge is 0.241 e. The van der Waals surface area contributed by atoms with Gasteiger partial charge in [-0.2, -0.15) is 16.5 Å². The molecule has 0 radical (unpaired) electrons. The maximum Gasteiger partial charge on any atom is 0.241 e. The van der Waals surface area contributed by atoms with Gasteiger partial charge in [0.05, 0.1) is 11.5 Å². The van der Waals surface area contributed by atoms with Gasteiger partial charge < -0.3 is 10.1 Å². The molecule has 0 unspecified atom stereocenters. The van der Waals surface area contributed by atoms with Crippen molar-refractivity contribution in [2.45, 2.75) is 37.2 Å². The third kappa shape index (κ3) is 6.80. The maximum absolute atomic E-state index is 12.5. The topological polar surface area (TPSA) is 84.5 Å². The van der Waals surface area contributed by atoms with Crippen LogP contribution in [0.5, 0.6) is 0 Å². The number of thioether (sulfide) groups is 1. The Kier molecular flexibility index (Phi) is 8.75. The van der Waals surface area contributed by atoms with Gasteiger partial charge in [0.2, 0.25) is 15.9 Å². The van der Waals surface area contributed by atoms with E-state index in [1.807, 2.05) is 20.1 Å². The number of ether oxygens (including phenoxy) is 1. The number of nitrogens with one attached hydrogen (secondary N) is 2.